The Labute approximate surface area is 691 Å². The average molecular weight is 1730 g/mol. The van der Waals surface area contributed by atoms with Gasteiger partial charge in [-0.15, -0.1) is 0 Å². The van der Waals surface area contributed by atoms with Crippen LogP contribution in [0.25, 0.3) is 0 Å². The highest BCUT2D eigenvalue weighted by atomic mass is 16.8. The van der Waals surface area contributed by atoms with E-state index < -0.39 is 323 Å². The Morgan fingerprint density at radius 3 is 1.53 bits per heavy atom. The van der Waals surface area contributed by atoms with Gasteiger partial charge in [-0.25, -0.2) is 4.79 Å². The third-order valence-corrected chi connectivity index (χ3v) is 29.1. The summed E-state index contributed by atoms with van der Waals surface area (Å²) < 4.78 is 108. The van der Waals surface area contributed by atoms with Crippen molar-refractivity contribution in [1.82, 2.24) is 0 Å². The number of esters is 3. The zero-order chi connectivity index (χ0) is 87.6. The standard InChI is InChI=1S/C79H122O41/c1-28-55(113-67-53(98)58(37(86)26-105-67)115-65-47(92)42(87)35(84)24-103-65)46(91)50(95)68(106-28)118-62-51(96)56(114-70-54(99)60(110-32(5)83)57(30(3)107-70)109-31(4)82)29(2)108-71(62)120-73(102)79-20-18-74(6,7)22-34(79)33-12-13-40-75(8)16-15-41(76(9,27-81)39(75)14-17-78(40,11)77(33,10)19-21-79)112-72-63(119-69-49(94)45(90)44(89)38(23-80)111-69)59(52(97)61(117-72)64(100)101)116-66-48(93)43(88)36(85)25-104-66/h12,27-30,34-63,65-72,80,84-99H,13-26H2,1-11H3,(H,100,101). The lowest BCUT2D eigenvalue weighted by Crippen LogP contribution is -2.69. The normalized spacial score (nSPS) is 52.8. The molecule has 46 unspecified atom stereocenters. The summed E-state index contributed by atoms with van der Waals surface area (Å²) in [4.78, 5) is 68.5. The number of carboxylic acid groups (broad SMARTS) is 1. The smallest absolute Gasteiger partial charge is 0.335 e. The van der Waals surface area contributed by atoms with Gasteiger partial charge in [0.25, 0.3) is 0 Å². The molecule has 8 heterocycles. The quantitative estimate of drug-likeness (QED) is 0.0168. The maximum absolute atomic E-state index is 16.2. The van der Waals surface area contributed by atoms with Gasteiger partial charge in [0, 0.05) is 13.8 Å². The van der Waals surface area contributed by atoms with E-state index in [0.717, 1.165) is 25.7 Å². The SMILES string of the molecule is CC(=O)OC1C(C)OC(OC2C(C)OC(OC(=O)C34CCC(C)(C)CC3C3=CCC5C6(C)CCC(OC7OC(C(=O)O)C(O)C(OC8OCC(O)C(O)C8O)C7OC7OC(CO)C(O)C(O)C7O)C(C)(C=O)C6CCC5(C)C3(C)CC4)C(OC3OC(C)C(OC4OCC(O)C(OC5OCC(O)C(O)C5O)C4O)C(O)C3O)C2O)C(O)C1OC(C)=O. The summed E-state index contributed by atoms with van der Waals surface area (Å²) in [6, 6.07) is 0. The lowest BCUT2D eigenvalue weighted by molar-refractivity contribution is -0.391. The molecule has 0 spiro atoms. The molecule has 0 bridgehead atoms. The number of carboxylic acids is 1. The van der Waals surface area contributed by atoms with Crippen LogP contribution in [0.15, 0.2) is 11.6 Å². The van der Waals surface area contributed by atoms with Gasteiger partial charge in [0.05, 0.1) is 61.7 Å². The van der Waals surface area contributed by atoms with E-state index in [-0.39, 0.29) is 24.2 Å². The molecule has 0 radical (unpaired) electrons. The van der Waals surface area contributed by atoms with E-state index >= 15 is 4.79 Å². The van der Waals surface area contributed by atoms with Crippen molar-refractivity contribution < 1.29 is 201 Å². The van der Waals surface area contributed by atoms with Gasteiger partial charge in [0.2, 0.25) is 6.29 Å². The number of aliphatic hydroxyl groups excluding tert-OH is 17. The minimum atomic E-state index is -2.23. The molecule has 41 nitrogen and oxygen atoms in total. The van der Waals surface area contributed by atoms with Crippen molar-refractivity contribution in [3.63, 3.8) is 0 Å². The molecular formula is C79H122O41. The minimum absolute atomic E-state index is 0.108. The molecule has 5 aliphatic carbocycles. The van der Waals surface area contributed by atoms with Gasteiger partial charge in [0.15, 0.2) is 68.4 Å². The maximum Gasteiger partial charge on any atom is 0.335 e. The Morgan fingerprint density at radius 1 is 0.442 bits per heavy atom. The highest BCUT2D eigenvalue weighted by Gasteiger charge is 2.72. The maximum atomic E-state index is 16.2. The Morgan fingerprint density at radius 2 is 0.933 bits per heavy atom. The third kappa shape index (κ3) is 17.0. The first-order chi connectivity index (χ1) is 56.3. The van der Waals surface area contributed by atoms with Crippen LogP contribution < -0.4 is 0 Å². The summed E-state index contributed by atoms with van der Waals surface area (Å²) in [5, 5.41) is 200. The predicted octanol–water partition coefficient (Wildman–Crippen LogP) is -5.33. The lowest BCUT2D eigenvalue weighted by Gasteiger charge is -2.71. The van der Waals surface area contributed by atoms with Crippen molar-refractivity contribution in [3.8, 4) is 0 Å². The number of hydrogen-bond donors (Lipinski definition) is 18. The van der Waals surface area contributed by atoms with Gasteiger partial charge in [-0.2, -0.15) is 0 Å². The van der Waals surface area contributed by atoms with Gasteiger partial charge < -0.3 is 182 Å². The van der Waals surface area contributed by atoms with Crippen molar-refractivity contribution in [2.24, 2.45) is 50.2 Å². The largest absolute Gasteiger partial charge is 0.479 e. The Kier molecular flexibility index (Phi) is 28.0. The lowest BCUT2D eigenvalue weighted by atomic mass is 9.33. The fraction of sp³-hybridized carbons (Fsp3) is 0.911. The van der Waals surface area contributed by atoms with Crippen LogP contribution in [0.2, 0.25) is 0 Å². The molecule has 8 saturated heterocycles. The number of fused-ring (bicyclic) bond motifs is 7. The van der Waals surface area contributed by atoms with Crippen molar-refractivity contribution in [2.75, 3.05) is 26.4 Å². The van der Waals surface area contributed by atoms with E-state index in [1.807, 2.05) is 0 Å². The monoisotopic (exact) mass is 1730 g/mol. The summed E-state index contributed by atoms with van der Waals surface area (Å²) in [6.07, 6.45) is -60.5. The Bertz CT molecular complexity index is 3620. The molecule has 0 aromatic heterocycles. The van der Waals surface area contributed by atoms with E-state index in [0.29, 0.717) is 51.4 Å². The number of hydrogen-bond acceptors (Lipinski definition) is 40. The van der Waals surface area contributed by atoms with E-state index in [2.05, 4.69) is 40.7 Å². The molecule has 8 aliphatic heterocycles. The van der Waals surface area contributed by atoms with Crippen LogP contribution in [0.1, 0.15) is 140 Å². The van der Waals surface area contributed by atoms with Crippen molar-refractivity contribution in [2.45, 2.75) is 374 Å². The number of aldehydes is 1. The highest BCUT2D eigenvalue weighted by Crippen LogP contribution is 2.76. The first-order valence-corrected chi connectivity index (χ1v) is 41.5. The van der Waals surface area contributed by atoms with Gasteiger partial charge in [-0.1, -0.05) is 53.2 Å². The number of aliphatic carboxylic acids is 1. The molecule has 4 saturated carbocycles. The van der Waals surface area contributed by atoms with E-state index in [9.17, 15) is 111 Å². The van der Waals surface area contributed by atoms with Crippen LogP contribution in [-0.2, 0) is 109 Å². The average Bonchev–Trinajstić information content (AvgIpc) is 0.672. The van der Waals surface area contributed by atoms with Crippen LogP contribution in [0.4, 0.5) is 0 Å². The van der Waals surface area contributed by atoms with Crippen molar-refractivity contribution in [1.29, 1.82) is 0 Å². The molecule has 46 atom stereocenters. The first-order valence-electron chi connectivity index (χ1n) is 41.5. The summed E-state index contributed by atoms with van der Waals surface area (Å²) >= 11 is 0. The molecular weight excluding hydrogens is 1600 g/mol. The van der Waals surface area contributed by atoms with Crippen LogP contribution in [0, 0.1) is 50.2 Å². The minimum Gasteiger partial charge on any atom is -0.479 e. The molecule has 13 rings (SSSR count). The molecule has 12 fully saturated rings. The predicted molar refractivity (Wildman–Crippen MR) is 391 cm³/mol. The van der Waals surface area contributed by atoms with Crippen molar-refractivity contribution in [3.05, 3.63) is 11.6 Å². The molecule has 18 N–H and O–H groups in total. The second kappa shape index (κ2) is 35.9. The first kappa shape index (κ1) is 93.6. The molecule has 0 amide bonds. The Balaban J connectivity index is 0.768. The highest BCUT2D eigenvalue weighted by molar-refractivity contribution is 5.79. The van der Waals surface area contributed by atoms with Gasteiger partial charge in [0.1, 0.15) is 141 Å². The van der Waals surface area contributed by atoms with Gasteiger partial charge >= 0.3 is 23.9 Å². The molecule has 41 heteroatoms. The van der Waals surface area contributed by atoms with Crippen LogP contribution in [-0.4, -0.2) is 382 Å². The number of rotatable bonds is 21. The summed E-state index contributed by atoms with van der Waals surface area (Å²) in [5.74, 6) is -5.30. The van der Waals surface area contributed by atoms with Gasteiger partial charge in [-0.3, -0.25) is 14.4 Å². The molecule has 0 aromatic carbocycles. The number of ether oxygens (including phenoxy) is 18. The van der Waals surface area contributed by atoms with Crippen LogP contribution in [0.3, 0.4) is 0 Å². The van der Waals surface area contributed by atoms with Crippen LogP contribution >= 0.6 is 0 Å². The zero-order valence-corrected chi connectivity index (χ0v) is 68.7. The summed E-state index contributed by atoms with van der Waals surface area (Å²) in [6.45, 7) is 16.5. The number of carbonyl (C=O) groups is 5. The van der Waals surface area contributed by atoms with Crippen LogP contribution in [0.5, 0.6) is 0 Å². The number of carbonyl (C=O) groups excluding carboxylic acids is 4. The van der Waals surface area contributed by atoms with E-state index in [4.69, 9.17) is 85.3 Å². The molecule has 120 heavy (non-hydrogen) atoms. The fourth-order valence-electron chi connectivity index (χ4n) is 22.0. The zero-order valence-electron chi connectivity index (χ0n) is 68.7. The van der Waals surface area contributed by atoms with E-state index in [1.165, 1.54) is 20.8 Å². The van der Waals surface area contributed by atoms with Crippen molar-refractivity contribution >= 4 is 30.2 Å². The Hall–Kier alpha value is -3.99. The third-order valence-electron chi connectivity index (χ3n) is 29.1. The molecule has 13 aliphatic rings. The second-order valence-corrected chi connectivity index (χ2v) is 37.0. The summed E-state index contributed by atoms with van der Waals surface area (Å²) in [5.41, 5.74) is -3.97. The van der Waals surface area contributed by atoms with E-state index in [1.54, 1.807) is 6.92 Å². The topological polar surface area (TPSA) is 616 Å². The number of aliphatic hydroxyl groups is 17. The molecule has 0 aromatic rings. The fourth-order valence-corrected chi connectivity index (χ4v) is 22.0. The number of allylic oxidation sites excluding steroid dienone is 2. The summed E-state index contributed by atoms with van der Waals surface area (Å²) in [7, 11) is 0. The molecule has 684 valence electrons. The second-order valence-electron chi connectivity index (χ2n) is 37.0. The van der Waals surface area contributed by atoms with Gasteiger partial charge in [-0.05, 0) is 124 Å².